The molecule has 0 aliphatic carbocycles. The number of nitrogens with zero attached hydrogens (tertiary/aromatic N) is 3. The first-order valence-corrected chi connectivity index (χ1v) is 10.2. The number of H-pyrrole nitrogens is 2. The molecule has 3 heterocycles. The van der Waals surface area contributed by atoms with E-state index in [-0.39, 0.29) is 11.4 Å². The summed E-state index contributed by atoms with van der Waals surface area (Å²) in [6.07, 6.45) is 1.73. The van der Waals surface area contributed by atoms with Crippen LogP contribution in [0.1, 0.15) is 26.3 Å². The standard InChI is InChI=1S/C21H25ClN6O/c1-21(2,3)14-6-7-16-17(13-14)25-19(24-16)26-20(29)28-11-9-27(10-12-28)18-15(22)5-4-8-23-18/h4-8,13H,9-12H2,1-3H3,(H2,24,25,26,29)/p+1. The van der Waals surface area contributed by atoms with Gasteiger partial charge in [-0.2, -0.15) is 5.32 Å². The smallest absolute Gasteiger partial charge is 0.352 e. The molecule has 0 saturated carbocycles. The van der Waals surface area contributed by atoms with Gasteiger partial charge in [-0.25, -0.2) is 19.7 Å². The lowest BCUT2D eigenvalue weighted by Gasteiger charge is -2.34. The number of aromatic nitrogens is 3. The highest BCUT2D eigenvalue weighted by Crippen LogP contribution is 2.25. The summed E-state index contributed by atoms with van der Waals surface area (Å²) in [6, 6.07) is 9.79. The van der Waals surface area contributed by atoms with Gasteiger partial charge in [-0.3, -0.25) is 0 Å². The summed E-state index contributed by atoms with van der Waals surface area (Å²) in [5, 5.41) is 3.57. The summed E-state index contributed by atoms with van der Waals surface area (Å²) in [7, 11) is 0. The Morgan fingerprint density at radius 1 is 1.21 bits per heavy atom. The minimum absolute atomic E-state index is 0.0683. The van der Waals surface area contributed by atoms with Crippen LogP contribution < -0.4 is 15.2 Å². The minimum atomic E-state index is -0.129. The van der Waals surface area contributed by atoms with E-state index in [4.69, 9.17) is 11.6 Å². The number of pyridine rings is 1. The van der Waals surface area contributed by atoms with Gasteiger partial charge in [0.1, 0.15) is 16.9 Å². The van der Waals surface area contributed by atoms with Gasteiger partial charge in [0.2, 0.25) is 0 Å². The molecule has 1 saturated heterocycles. The Balaban J connectivity index is 1.40. The van der Waals surface area contributed by atoms with Gasteiger partial charge in [-0.15, -0.1) is 0 Å². The lowest BCUT2D eigenvalue weighted by Crippen LogP contribution is -2.50. The second-order valence-electron chi connectivity index (χ2n) is 8.35. The molecule has 7 nitrogen and oxygen atoms in total. The maximum Gasteiger partial charge on any atom is 0.382 e. The SMILES string of the molecule is CC(C)(C)c1ccc2[nH+]c(NC(=O)N3CCN(c4ncccc4Cl)CC3)[nH]c2c1. The van der Waals surface area contributed by atoms with Crippen molar-refractivity contribution >= 4 is 40.4 Å². The van der Waals surface area contributed by atoms with Crippen LogP contribution >= 0.6 is 11.6 Å². The molecule has 2 amide bonds. The fourth-order valence-electron chi connectivity index (χ4n) is 3.50. The Labute approximate surface area is 175 Å². The normalized spacial score (nSPS) is 15.0. The Kier molecular flexibility index (Phi) is 5.08. The van der Waals surface area contributed by atoms with E-state index in [0.717, 1.165) is 16.9 Å². The van der Waals surface area contributed by atoms with Crippen molar-refractivity contribution in [2.24, 2.45) is 0 Å². The van der Waals surface area contributed by atoms with Crippen LogP contribution in [0.2, 0.25) is 5.02 Å². The number of benzene rings is 1. The van der Waals surface area contributed by atoms with Gasteiger partial charge in [-0.1, -0.05) is 38.4 Å². The maximum atomic E-state index is 12.7. The van der Waals surface area contributed by atoms with Crippen LogP contribution in [0.3, 0.4) is 0 Å². The first kappa shape index (κ1) is 19.5. The second kappa shape index (κ2) is 7.55. The molecule has 29 heavy (non-hydrogen) atoms. The number of anilines is 2. The predicted molar refractivity (Wildman–Crippen MR) is 116 cm³/mol. The maximum absolute atomic E-state index is 12.7. The molecule has 0 spiro atoms. The van der Waals surface area contributed by atoms with Crippen molar-refractivity contribution in [1.29, 1.82) is 0 Å². The summed E-state index contributed by atoms with van der Waals surface area (Å²) in [5.74, 6) is 1.36. The Morgan fingerprint density at radius 2 is 1.97 bits per heavy atom. The average molecular weight is 414 g/mol. The predicted octanol–water partition coefficient (Wildman–Crippen LogP) is 3.68. The summed E-state index contributed by atoms with van der Waals surface area (Å²) in [6.45, 7) is 9.13. The third-order valence-corrected chi connectivity index (χ3v) is 5.54. The van der Waals surface area contributed by atoms with Gasteiger partial charge < -0.3 is 9.80 Å². The van der Waals surface area contributed by atoms with Crippen LogP contribution in [0.5, 0.6) is 0 Å². The molecule has 0 unspecified atom stereocenters. The average Bonchev–Trinajstić information content (AvgIpc) is 3.09. The summed E-state index contributed by atoms with van der Waals surface area (Å²) < 4.78 is 0. The van der Waals surface area contributed by atoms with Crippen LogP contribution in [0.15, 0.2) is 36.5 Å². The lowest BCUT2D eigenvalue weighted by atomic mass is 9.87. The van der Waals surface area contributed by atoms with Gasteiger partial charge in [0.25, 0.3) is 0 Å². The van der Waals surface area contributed by atoms with Gasteiger partial charge >= 0.3 is 12.0 Å². The van der Waals surface area contributed by atoms with Crippen LogP contribution in [-0.4, -0.2) is 47.1 Å². The summed E-state index contributed by atoms with van der Waals surface area (Å²) in [5.41, 5.74) is 3.24. The zero-order valence-corrected chi connectivity index (χ0v) is 17.7. The molecule has 4 rings (SSSR count). The molecular formula is C21H26ClN6O+. The third kappa shape index (κ3) is 4.15. The first-order chi connectivity index (χ1) is 13.8. The quantitative estimate of drug-likeness (QED) is 0.672. The van der Waals surface area contributed by atoms with Gasteiger partial charge in [-0.05, 0) is 35.2 Å². The molecule has 2 aromatic heterocycles. The van der Waals surface area contributed by atoms with Gasteiger partial charge in [0.05, 0.1) is 5.02 Å². The number of carbonyl (C=O) groups is 1. The number of amides is 2. The zero-order valence-electron chi connectivity index (χ0n) is 16.9. The molecule has 3 N–H and O–H groups in total. The first-order valence-electron chi connectivity index (χ1n) is 9.78. The monoisotopic (exact) mass is 413 g/mol. The van der Waals surface area contributed by atoms with E-state index in [1.807, 2.05) is 18.2 Å². The number of nitrogens with one attached hydrogen (secondary N) is 3. The molecule has 1 aliphatic rings. The van der Waals surface area contributed by atoms with Crippen LogP contribution in [0.25, 0.3) is 11.0 Å². The molecular weight excluding hydrogens is 388 g/mol. The van der Waals surface area contributed by atoms with Crippen molar-refractivity contribution in [1.82, 2.24) is 14.9 Å². The molecule has 3 aromatic rings. The summed E-state index contributed by atoms with van der Waals surface area (Å²) >= 11 is 6.24. The van der Waals surface area contributed by atoms with E-state index in [1.54, 1.807) is 11.1 Å². The van der Waals surface area contributed by atoms with E-state index in [0.29, 0.717) is 37.1 Å². The topological polar surface area (TPSA) is 78.4 Å². The highest BCUT2D eigenvalue weighted by molar-refractivity contribution is 6.32. The largest absolute Gasteiger partial charge is 0.382 e. The summed E-state index contributed by atoms with van der Waals surface area (Å²) in [4.78, 5) is 27.5. The number of urea groups is 1. The molecule has 1 aromatic carbocycles. The van der Waals surface area contributed by atoms with E-state index >= 15 is 0 Å². The van der Waals surface area contributed by atoms with Crippen molar-refractivity contribution in [3.63, 3.8) is 0 Å². The Morgan fingerprint density at radius 3 is 2.66 bits per heavy atom. The van der Waals surface area contributed by atoms with Crippen molar-refractivity contribution in [3.05, 3.63) is 47.1 Å². The van der Waals surface area contributed by atoms with Crippen molar-refractivity contribution in [3.8, 4) is 0 Å². The zero-order chi connectivity index (χ0) is 20.6. The Hall–Kier alpha value is -2.80. The highest BCUT2D eigenvalue weighted by Gasteiger charge is 2.26. The van der Waals surface area contributed by atoms with E-state index < -0.39 is 0 Å². The number of halogens is 1. The number of imidazole rings is 1. The van der Waals surface area contributed by atoms with Gasteiger partial charge in [0.15, 0.2) is 0 Å². The number of rotatable bonds is 2. The molecule has 1 aliphatic heterocycles. The minimum Gasteiger partial charge on any atom is -0.352 e. The van der Waals surface area contributed by atoms with Crippen LogP contribution in [0.4, 0.5) is 16.6 Å². The van der Waals surface area contributed by atoms with Crippen molar-refractivity contribution < 1.29 is 9.78 Å². The highest BCUT2D eigenvalue weighted by atomic mass is 35.5. The second-order valence-corrected chi connectivity index (χ2v) is 8.76. The van der Waals surface area contributed by atoms with Crippen molar-refractivity contribution in [2.75, 3.05) is 36.4 Å². The fraction of sp³-hybridized carbons (Fsp3) is 0.381. The van der Waals surface area contributed by atoms with Gasteiger partial charge in [0, 0.05) is 32.4 Å². The number of carbonyl (C=O) groups excluding carboxylic acids is 1. The molecule has 0 atom stereocenters. The number of aromatic amines is 2. The number of hydrogen-bond acceptors (Lipinski definition) is 3. The molecule has 152 valence electrons. The number of hydrogen-bond donors (Lipinski definition) is 2. The van der Waals surface area contributed by atoms with E-state index in [1.165, 1.54) is 5.56 Å². The van der Waals surface area contributed by atoms with E-state index in [2.05, 4.69) is 58.1 Å². The van der Waals surface area contributed by atoms with Crippen molar-refractivity contribution in [2.45, 2.75) is 26.2 Å². The molecule has 8 heteroatoms. The molecule has 1 fully saturated rings. The number of fused-ring (bicyclic) bond motifs is 1. The fourth-order valence-corrected chi connectivity index (χ4v) is 3.74. The molecule has 0 radical (unpaired) electrons. The van der Waals surface area contributed by atoms with E-state index in [9.17, 15) is 4.79 Å². The lowest BCUT2D eigenvalue weighted by molar-refractivity contribution is -0.326. The third-order valence-electron chi connectivity index (χ3n) is 5.24. The number of piperazine rings is 1. The molecule has 0 bridgehead atoms. The Bertz CT molecular complexity index is 1030. The van der Waals surface area contributed by atoms with Crippen LogP contribution in [-0.2, 0) is 5.41 Å². The van der Waals surface area contributed by atoms with Crippen LogP contribution in [0, 0.1) is 0 Å².